The molecule has 0 bridgehead atoms. The van der Waals surface area contributed by atoms with E-state index in [1.807, 2.05) is 31.9 Å². The third-order valence-electron chi connectivity index (χ3n) is 4.31. The van der Waals surface area contributed by atoms with E-state index in [0.717, 1.165) is 25.4 Å². The van der Waals surface area contributed by atoms with Crippen LogP contribution in [0.3, 0.4) is 0 Å². The van der Waals surface area contributed by atoms with Gasteiger partial charge in [0.1, 0.15) is 24.8 Å². The number of imidazole rings is 3. The standard InChI is InChI=1S/2C8H15N2.C4H9Cl.C4H6N2.CH4.ClH.2F6P.Na.H2O/c2*1-3-4-5-10-7-6-9(2)8-10;1-2-3-4-5;1-6-3-2-5-4-6;;;2*1-7(2,3,4,5)6;;/h2*6-8H,3-5H2,1-2H3;2-4H2,1H3;2-4H,1H3;1H4;1H;;;;1H2/q2*+1;;;;;2*-1;+1;/p-1. The zero-order chi connectivity index (χ0) is 36.1. The van der Waals surface area contributed by atoms with Crippen LogP contribution in [0.2, 0.25) is 0 Å². The second-order valence-electron chi connectivity index (χ2n) is 9.53. The monoisotopic (exact) mass is 834 g/mol. The quantitative estimate of drug-likeness (QED) is 0.101. The summed E-state index contributed by atoms with van der Waals surface area (Å²) in [6, 6.07) is 0. The predicted octanol–water partition coefficient (Wildman–Crippen LogP) is 5.26. The molecule has 0 atom stereocenters. The van der Waals surface area contributed by atoms with Gasteiger partial charge in [0.2, 0.25) is 12.7 Å². The Morgan fingerprint density at radius 2 is 0.959 bits per heavy atom. The van der Waals surface area contributed by atoms with E-state index in [4.69, 9.17) is 11.6 Å². The Morgan fingerprint density at radius 1 is 0.653 bits per heavy atom. The Bertz CT molecular complexity index is 1070. The molecule has 0 saturated carbocycles. The first-order chi connectivity index (χ1) is 19.9. The van der Waals surface area contributed by atoms with Gasteiger partial charge < -0.3 is 22.5 Å². The summed E-state index contributed by atoms with van der Waals surface area (Å²) >= 11 is 5.30. The maximum atomic E-state index is 9.87. The molecule has 0 unspecified atom stereocenters. The van der Waals surface area contributed by atoms with Gasteiger partial charge in [-0.15, -0.1) is 11.6 Å². The minimum atomic E-state index is -10.7. The van der Waals surface area contributed by atoms with Gasteiger partial charge in [0.25, 0.3) is 0 Å². The number of aryl methyl sites for hydroxylation is 5. The Morgan fingerprint density at radius 3 is 1.08 bits per heavy atom. The van der Waals surface area contributed by atoms with Crippen LogP contribution in [0.15, 0.2) is 56.2 Å². The molecule has 0 saturated heterocycles. The van der Waals surface area contributed by atoms with Crippen LogP contribution in [-0.2, 0) is 34.2 Å². The fourth-order valence-corrected chi connectivity index (χ4v) is 2.68. The van der Waals surface area contributed by atoms with Crippen LogP contribution in [0.5, 0.6) is 0 Å². The van der Waals surface area contributed by atoms with Gasteiger partial charge in [-0.2, -0.15) is 0 Å². The average molecular weight is 836 g/mol. The topological polar surface area (TPSA) is 66.9 Å². The summed E-state index contributed by atoms with van der Waals surface area (Å²) in [6.45, 7) is 8.85. The number of unbranched alkanes of at least 4 members (excludes halogenated alkanes) is 3. The number of hydrogen-bond acceptors (Lipinski definition) is 1. The van der Waals surface area contributed by atoms with Crippen molar-refractivity contribution in [3.05, 3.63) is 56.2 Å². The van der Waals surface area contributed by atoms with Crippen molar-refractivity contribution in [3.63, 3.8) is 0 Å². The third kappa shape index (κ3) is 82.4. The van der Waals surface area contributed by atoms with Gasteiger partial charge in [0.15, 0.2) is 0 Å². The van der Waals surface area contributed by atoms with Crippen molar-refractivity contribution in [1.82, 2.24) is 18.7 Å². The van der Waals surface area contributed by atoms with E-state index in [2.05, 4.69) is 81.5 Å². The molecule has 0 aromatic carbocycles. The molecular formula is C25H51Cl2F12N6NaOP2. The van der Waals surface area contributed by atoms with Crippen molar-refractivity contribution in [2.45, 2.75) is 79.8 Å². The normalized spacial score (nSPS) is 12.7. The molecule has 49 heavy (non-hydrogen) atoms. The first-order valence-electron chi connectivity index (χ1n) is 13.5. The summed E-state index contributed by atoms with van der Waals surface area (Å²) in [6.07, 6.45) is 25.4. The summed E-state index contributed by atoms with van der Waals surface area (Å²) in [5.74, 6) is 0.816. The number of halogens is 14. The van der Waals surface area contributed by atoms with Crippen molar-refractivity contribution in [2.75, 3.05) is 5.88 Å². The van der Waals surface area contributed by atoms with Crippen molar-refractivity contribution < 1.29 is 107 Å². The van der Waals surface area contributed by atoms with E-state index < -0.39 is 15.6 Å². The van der Waals surface area contributed by atoms with Gasteiger partial charge in [-0.3, -0.25) is 0 Å². The van der Waals surface area contributed by atoms with Crippen LogP contribution in [0, 0.1) is 0 Å². The Balaban J connectivity index is -0.0000000864. The maximum absolute atomic E-state index is 10.7. The summed E-state index contributed by atoms with van der Waals surface area (Å²) in [7, 11) is -15.3. The Hall–Kier alpha value is -0.810. The van der Waals surface area contributed by atoms with Crippen molar-refractivity contribution >= 4 is 27.2 Å². The van der Waals surface area contributed by atoms with Crippen LogP contribution in [0.4, 0.5) is 50.4 Å². The average Bonchev–Trinajstić information content (AvgIpc) is 3.57. The van der Waals surface area contributed by atoms with Crippen LogP contribution < -0.4 is 51.1 Å². The molecule has 7 nitrogen and oxygen atoms in total. The van der Waals surface area contributed by atoms with Crippen molar-refractivity contribution in [1.29, 1.82) is 0 Å². The minimum Gasteiger partial charge on any atom is -1.00 e. The molecule has 0 fully saturated rings. The molecule has 3 rings (SSSR count). The van der Waals surface area contributed by atoms with Gasteiger partial charge in [-0.25, -0.2) is 23.3 Å². The van der Waals surface area contributed by atoms with E-state index in [-0.39, 0.29) is 54.9 Å². The maximum Gasteiger partial charge on any atom is 1.00 e. The van der Waals surface area contributed by atoms with Crippen molar-refractivity contribution in [3.8, 4) is 0 Å². The van der Waals surface area contributed by atoms with Crippen LogP contribution in [0.1, 0.15) is 66.7 Å². The second kappa shape index (κ2) is 25.2. The number of alkyl halides is 1. The summed E-state index contributed by atoms with van der Waals surface area (Å²) < 4.78 is 129. The molecule has 0 aliphatic rings. The molecule has 3 aromatic rings. The Kier molecular flexibility index (Phi) is 32.5. The second-order valence-corrected chi connectivity index (χ2v) is 13.7. The third-order valence-corrected chi connectivity index (χ3v) is 4.58. The number of nitrogens with zero attached hydrogens (tertiary/aromatic N) is 6. The molecule has 296 valence electrons. The van der Waals surface area contributed by atoms with Gasteiger partial charge in [-0.05, 0) is 19.3 Å². The molecule has 24 heteroatoms. The molecule has 0 radical (unpaired) electrons. The number of aromatic nitrogens is 6. The van der Waals surface area contributed by atoms with E-state index in [1.165, 1.54) is 32.1 Å². The molecule has 0 spiro atoms. The fourth-order valence-electron chi connectivity index (χ4n) is 2.41. The molecule has 3 aromatic heterocycles. The summed E-state index contributed by atoms with van der Waals surface area (Å²) in [5.41, 5.74) is 0. The van der Waals surface area contributed by atoms with E-state index in [0.29, 0.717) is 0 Å². The van der Waals surface area contributed by atoms with Crippen LogP contribution in [0.25, 0.3) is 0 Å². The summed E-state index contributed by atoms with van der Waals surface area (Å²) in [4.78, 5) is 3.78. The molecule has 0 amide bonds. The van der Waals surface area contributed by atoms with Crippen LogP contribution >= 0.6 is 27.2 Å². The summed E-state index contributed by atoms with van der Waals surface area (Å²) in [5, 5.41) is 0. The number of hydrogen-bond donors (Lipinski definition) is 0. The minimum absolute atomic E-state index is 0. The molecular weight excluding hydrogens is 784 g/mol. The Labute approximate surface area is 314 Å². The number of rotatable bonds is 8. The van der Waals surface area contributed by atoms with Crippen molar-refractivity contribution in [2.24, 2.45) is 21.1 Å². The largest absolute Gasteiger partial charge is 1.00 e. The first kappa shape index (κ1) is 63.3. The molecule has 3 heterocycles. The molecule has 0 aliphatic carbocycles. The molecule has 0 aliphatic heterocycles. The predicted molar refractivity (Wildman–Crippen MR) is 167 cm³/mol. The van der Waals surface area contributed by atoms with Gasteiger partial charge in [-0.1, -0.05) is 47.5 Å². The SMILES string of the molecule is C.CCCCCl.CCCCn1cc[n+](C)c1.CCCCn1cc[n+](C)c1.Cn1ccnc1.F[P-](F)(F)(F)(F)F.F[P-](F)(F)(F)(F)F.O.[Cl-].[Na+]. The zero-order valence-electron chi connectivity index (χ0n) is 27.9. The fraction of sp³-hybridized carbons (Fsp3) is 0.640. The van der Waals surface area contributed by atoms with E-state index >= 15 is 0 Å². The zero-order valence-corrected chi connectivity index (χ0v) is 33.2. The van der Waals surface area contributed by atoms with Crippen LogP contribution in [-0.4, -0.2) is 30.0 Å². The van der Waals surface area contributed by atoms with E-state index in [9.17, 15) is 50.4 Å². The van der Waals surface area contributed by atoms with Gasteiger partial charge >= 0.3 is 95.5 Å². The van der Waals surface area contributed by atoms with E-state index in [1.54, 1.807) is 12.5 Å². The van der Waals surface area contributed by atoms with Gasteiger partial charge in [0, 0.05) is 25.3 Å². The first-order valence-corrected chi connectivity index (χ1v) is 18.1. The van der Waals surface area contributed by atoms with Gasteiger partial charge in [0.05, 0.1) is 33.5 Å². The smallest absolute Gasteiger partial charge is 1.00 e. The molecule has 2 N–H and O–H groups in total.